The number of carbonyl (C=O) groups excluding carboxylic acids is 4. The molecular formula is C48H30N6O6. The standard InChI is InChI=1S/C48H30N6O6/c55-43-34-22-12-24-38(52-54-42-32-20-10-8-14-28(32)26-36(46(42)58)48(60)50-30-17-5-2-6-18-30)40(34)44(56)33-21-11-23-37(39(33)43)51-53-41-31-19-9-7-13-27(31)25-35(45(41)57)47(59)49-29-15-3-1-4-16-29/h1-26,57-58H,(H,49,59)(H,50,60). The Labute approximate surface area is 341 Å². The van der Waals surface area contributed by atoms with Crippen molar-refractivity contribution in [3.05, 3.63) is 191 Å². The van der Waals surface area contributed by atoms with E-state index < -0.39 is 34.9 Å². The quantitative estimate of drug-likeness (QED) is 0.111. The Balaban J connectivity index is 1.07. The van der Waals surface area contributed by atoms with Crippen molar-refractivity contribution in [2.75, 3.05) is 10.6 Å². The molecule has 288 valence electrons. The van der Waals surface area contributed by atoms with E-state index in [2.05, 4.69) is 31.1 Å². The van der Waals surface area contributed by atoms with Crippen LogP contribution in [0.3, 0.4) is 0 Å². The molecule has 0 fully saturated rings. The number of phenols is 2. The second-order valence-electron chi connectivity index (χ2n) is 13.8. The van der Waals surface area contributed by atoms with Gasteiger partial charge in [-0.25, -0.2) is 0 Å². The monoisotopic (exact) mass is 786 g/mol. The van der Waals surface area contributed by atoms with Gasteiger partial charge in [0, 0.05) is 33.3 Å². The van der Waals surface area contributed by atoms with Crippen molar-refractivity contribution in [3.63, 3.8) is 0 Å². The lowest BCUT2D eigenvalue weighted by atomic mass is 9.82. The van der Waals surface area contributed by atoms with Crippen LogP contribution in [0.2, 0.25) is 0 Å². The zero-order valence-electron chi connectivity index (χ0n) is 31.3. The number of carbonyl (C=O) groups is 4. The van der Waals surface area contributed by atoms with Crippen molar-refractivity contribution < 1.29 is 29.4 Å². The third-order valence-electron chi connectivity index (χ3n) is 10.1. The van der Waals surface area contributed by atoms with Crippen LogP contribution in [0.25, 0.3) is 21.5 Å². The van der Waals surface area contributed by atoms with Gasteiger partial charge in [0.15, 0.2) is 23.1 Å². The molecule has 1 aliphatic rings. The Bertz CT molecular complexity index is 2930. The summed E-state index contributed by atoms with van der Waals surface area (Å²) in [6, 6.07) is 44.0. The molecule has 0 bridgehead atoms. The summed E-state index contributed by atoms with van der Waals surface area (Å²) in [7, 11) is 0. The van der Waals surface area contributed by atoms with E-state index in [4.69, 9.17) is 0 Å². The zero-order valence-corrected chi connectivity index (χ0v) is 31.3. The second-order valence-corrected chi connectivity index (χ2v) is 13.8. The smallest absolute Gasteiger partial charge is 0.259 e. The molecule has 0 unspecified atom stereocenters. The van der Waals surface area contributed by atoms with E-state index in [1.165, 1.54) is 24.3 Å². The van der Waals surface area contributed by atoms with Crippen LogP contribution >= 0.6 is 0 Å². The Kier molecular flexibility index (Phi) is 9.47. The molecule has 8 aromatic carbocycles. The fourth-order valence-corrected chi connectivity index (χ4v) is 7.20. The second kappa shape index (κ2) is 15.4. The molecule has 12 heteroatoms. The van der Waals surface area contributed by atoms with Gasteiger partial charge in [0.25, 0.3) is 11.8 Å². The number of fused-ring (bicyclic) bond motifs is 4. The first-order valence-electron chi connectivity index (χ1n) is 18.7. The van der Waals surface area contributed by atoms with Gasteiger partial charge in [0.1, 0.15) is 11.4 Å². The van der Waals surface area contributed by atoms with Crippen LogP contribution in [0, 0.1) is 0 Å². The predicted molar refractivity (Wildman–Crippen MR) is 228 cm³/mol. The van der Waals surface area contributed by atoms with Crippen LogP contribution in [0.15, 0.2) is 178 Å². The molecule has 0 heterocycles. The number of amides is 2. The van der Waals surface area contributed by atoms with Gasteiger partial charge in [-0.3, -0.25) is 19.2 Å². The molecule has 60 heavy (non-hydrogen) atoms. The molecular weight excluding hydrogens is 757 g/mol. The first-order chi connectivity index (χ1) is 29.3. The molecule has 4 N–H and O–H groups in total. The van der Waals surface area contributed by atoms with Crippen molar-refractivity contribution >= 4 is 79.1 Å². The zero-order chi connectivity index (χ0) is 41.3. The Hall–Kier alpha value is -8.64. The molecule has 2 amide bonds. The van der Waals surface area contributed by atoms with E-state index in [1.807, 2.05) is 12.1 Å². The molecule has 0 saturated carbocycles. The van der Waals surface area contributed by atoms with Crippen LogP contribution in [0.4, 0.5) is 34.1 Å². The summed E-state index contributed by atoms with van der Waals surface area (Å²) in [5.41, 5.74) is 1.20. The molecule has 0 radical (unpaired) electrons. The van der Waals surface area contributed by atoms with Crippen LogP contribution < -0.4 is 10.6 Å². The highest BCUT2D eigenvalue weighted by atomic mass is 16.3. The maximum atomic E-state index is 14.3. The number of phenolic OH excluding ortho intramolecular Hbond substituents is 2. The van der Waals surface area contributed by atoms with E-state index in [0.717, 1.165) is 0 Å². The maximum absolute atomic E-state index is 14.3. The summed E-state index contributed by atoms with van der Waals surface area (Å²) in [5, 5.41) is 48.2. The number of nitrogens with zero attached hydrogens (tertiary/aromatic N) is 4. The third kappa shape index (κ3) is 6.69. The van der Waals surface area contributed by atoms with Crippen LogP contribution in [-0.2, 0) is 0 Å². The van der Waals surface area contributed by atoms with Gasteiger partial charge >= 0.3 is 0 Å². The maximum Gasteiger partial charge on any atom is 0.259 e. The molecule has 12 nitrogen and oxygen atoms in total. The van der Waals surface area contributed by atoms with E-state index in [0.29, 0.717) is 32.9 Å². The lowest BCUT2D eigenvalue weighted by molar-refractivity contribution is 0.0980. The Morgan fingerprint density at radius 1 is 0.433 bits per heavy atom. The highest BCUT2D eigenvalue weighted by Crippen LogP contribution is 2.44. The largest absolute Gasteiger partial charge is 0.505 e. The average molecular weight is 787 g/mol. The number of hydrogen-bond acceptors (Lipinski definition) is 10. The lowest BCUT2D eigenvalue weighted by Gasteiger charge is -2.19. The number of nitrogens with one attached hydrogen (secondary N) is 2. The van der Waals surface area contributed by atoms with Crippen molar-refractivity contribution in [1.82, 2.24) is 0 Å². The normalized spacial score (nSPS) is 12.2. The number of aromatic hydroxyl groups is 2. The Morgan fingerprint density at radius 3 is 1.23 bits per heavy atom. The molecule has 0 saturated heterocycles. The summed E-state index contributed by atoms with van der Waals surface area (Å²) >= 11 is 0. The van der Waals surface area contributed by atoms with E-state index in [-0.39, 0.29) is 56.1 Å². The van der Waals surface area contributed by atoms with Crippen LogP contribution in [0.1, 0.15) is 52.6 Å². The third-order valence-corrected chi connectivity index (χ3v) is 10.1. The van der Waals surface area contributed by atoms with E-state index in [1.54, 1.807) is 121 Å². The van der Waals surface area contributed by atoms with Gasteiger partial charge in [0.2, 0.25) is 0 Å². The van der Waals surface area contributed by atoms with Crippen molar-refractivity contribution in [2.24, 2.45) is 20.5 Å². The fraction of sp³-hybridized carbons (Fsp3) is 0. The SMILES string of the molecule is O=C(Nc1ccccc1)c1cc2ccccc2c(N=Nc2cccc3c2C(=O)c2cccc(N=Nc4c(O)c(C(=O)Nc5ccccc5)cc5ccccc45)c2C3=O)c1O. The highest BCUT2D eigenvalue weighted by molar-refractivity contribution is 6.31. The van der Waals surface area contributed by atoms with Crippen molar-refractivity contribution in [1.29, 1.82) is 0 Å². The summed E-state index contributed by atoms with van der Waals surface area (Å²) in [6.07, 6.45) is 0. The first kappa shape index (κ1) is 37.0. The van der Waals surface area contributed by atoms with Gasteiger partial charge in [0.05, 0.1) is 33.6 Å². The number of hydrogen-bond donors (Lipinski definition) is 4. The highest BCUT2D eigenvalue weighted by Gasteiger charge is 2.34. The first-order valence-corrected chi connectivity index (χ1v) is 18.7. The van der Waals surface area contributed by atoms with Crippen LogP contribution in [0.5, 0.6) is 11.5 Å². The predicted octanol–water partition coefficient (Wildman–Crippen LogP) is 11.5. The molecule has 0 atom stereocenters. The summed E-state index contributed by atoms with van der Waals surface area (Å²) in [6.45, 7) is 0. The Morgan fingerprint density at radius 2 is 0.817 bits per heavy atom. The summed E-state index contributed by atoms with van der Waals surface area (Å²) in [4.78, 5) is 55.3. The minimum Gasteiger partial charge on any atom is -0.505 e. The molecule has 8 aromatic rings. The molecule has 1 aliphatic carbocycles. The summed E-state index contributed by atoms with van der Waals surface area (Å²) < 4.78 is 0. The van der Waals surface area contributed by atoms with Gasteiger partial charge < -0.3 is 20.8 Å². The number of para-hydroxylation sites is 2. The van der Waals surface area contributed by atoms with Gasteiger partial charge in [-0.15, -0.1) is 20.5 Å². The number of anilines is 2. The average Bonchev–Trinajstić information content (AvgIpc) is 3.27. The molecule has 0 spiro atoms. The van der Waals surface area contributed by atoms with E-state index >= 15 is 0 Å². The van der Waals surface area contributed by atoms with Crippen LogP contribution in [-0.4, -0.2) is 33.6 Å². The number of rotatable bonds is 8. The number of azo groups is 2. The van der Waals surface area contributed by atoms with Gasteiger partial charge in [-0.05, 0) is 59.3 Å². The number of benzene rings is 8. The van der Waals surface area contributed by atoms with E-state index in [9.17, 15) is 29.4 Å². The van der Waals surface area contributed by atoms with Gasteiger partial charge in [-0.2, -0.15) is 0 Å². The molecule has 0 aromatic heterocycles. The summed E-state index contributed by atoms with van der Waals surface area (Å²) in [5.74, 6) is -3.01. The van der Waals surface area contributed by atoms with Crippen molar-refractivity contribution in [3.8, 4) is 11.5 Å². The molecule has 9 rings (SSSR count). The fourth-order valence-electron chi connectivity index (χ4n) is 7.20. The minimum atomic E-state index is -0.562. The van der Waals surface area contributed by atoms with Crippen molar-refractivity contribution in [2.45, 2.75) is 0 Å². The molecule has 0 aliphatic heterocycles. The lowest BCUT2D eigenvalue weighted by Crippen LogP contribution is -2.21. The number of ketones is 2. The topological polar surface area (TPSA) is 182 Å². The minimum absolute atomic E-state index is 0.000935. The van der Waals surface area contributed by atoms with Gasteiger partial charge in [-0.1, -0.05) is 109 Å².